The number of aromatic amines is 1. The molecule has 3 aromatic rings. The van der Waals surface area contributed by atoms with Gasteiger partial charge >= 0.3 is 0 Å². The van der Waals surface area contributed by atoms with Crippen LogP contribution in [0.5, 0.6) is 0 Å². The lowest BCUT2D eigenvalue weighted by Gasteiger charge is -2.39. The Labute approximate surface area is 183 Å². The van der Waals surface area contributed by atoms with Gasteiger partial charge in [-0.25, -0.2) is 9.97 Å². The van der Waals surface area contributed by atoms with E-state index in [1.54, 1.807) is 30.7 Å². The zero-order chi connectivity index (χ0) is 20.8. The highest BCUT2D eigenvalue weighted by atomic mass is 35.5. The molecule has 3 atom stereocenters. The van der Waals surface area contributed by atoms with E-state index in [0.29, 0.717) is 21.6 Å². The number of anilines is 2. The van der Waals surface area contributed by atoms with Gasteiger partial charge in [0.15, 0.2) is 5.65 Å². The molecule has 5 rings (SSSR count). The summed E-state index contributed by atoms with van der Waals surface area (Å²) in [6.45, 7) is 1.01. The second-order valence-electron chi connectivity index (χ2n) is 7.97. The van der Waals surface area contributed by atoms with Crippen molar-refractivity contribution in [3.63, 3.8) is 0 Å². The molecule has 0 spiro atoms. The molecule has 1 amide bonds. The highest BCUT2D eigenvalue weighted by Crippen LogP contribution is 2.41. The van der Waals surface area contributed by atoms with Gasteiger partial charge in [0.05, 0.1) is 30.2 Å². The van der Waals surface area contributed by atoms with Crippen LogP contribution in [0.15, 0.2) is 30.7 Å². The van der Waals surface area contributed by atoms with E-state index in [4.69, 9.17) is 23.2 Å². The number of nitrogens with zero attached hydrogens (tertiary/aromatic N) is 5. The van der Waals surface area contributed by atoms with Gasteiger partial charge in [-0.3, -0.25) is 9.89 Å². The van der Waals surface area contributed by atoms with Crippen LogP contribution >= 0.6 is 23.2 Å². The van der Waals surface area contributed by atoms with Crippen molar-refractivity contribution in [2.75, 3.05) is 30.4 Å². The summed E-state index contributed by atoms with van der Waals surface area (Å²) < 4.78 is 0. The lowest BCUT2D eigenvalue weighted by molar-refractivity contribution is -0.131. The first kappa shape index (κ1) is 19.4. The van der Waals surface area contributed by atoms with Gasteiger partial charge in [0, 0.05) is 29.3 Å². The van der Waals surface area contributed by atoms with Crippen molar-refractivity contribution in [3.8, 4) is 0 Å². The maximum absolute atomic E-state index is 13.0. The zero-order valence-corrected chi connectivity index (χ0v) is 17.9. The molecule has 1 aromatic carbocycles. The molecule has 3 unspecified atom stereocenters. The van der Waals surface area contributed by atoms with Gasteiger partial charge in [-0.1, -0.05) is 23.2 Å². The van der Waals surface area contributed by atoms with Crippen LogP contribution in [0.3, 0.4) is 0 Å². The van der Waals surface area contributed by atoms with E-state index in [1.807, 2.05) is 11.9 Å². The fraction of sp³-hybridized carbons (Fsp3) is 0.400. The van der Waals surface area contributed by atoms with Gasteiger partial charge in [0.2, 0.25) is 5.91 Å². The molecule has 3 heterocycles. The Balaban J connectivity index is 1.30. The average molecular weight is 446 g/mol. The Kier molecular flexibility index (Phi) is 4.91. The summed E-state index contributed by atoms with van der Waals surface area (Å²) in [5.74, 6) is 1.42. The summed E-state index contributed by atoms with van der Waals surface area (Å²) in [5.41, 5.74) is 1.45. The monoisotopic (exact) mass is 445 g/mol. The van der Waals surface area contributed by atoms with Crippen LogP contribution < -0.4 is 10.2 Å². The van der Waals surface area contributed by atoms with Crippen molar-refractivity contribution >= 4 is 51.6 Å². The molecular formula is C20H21Cl2N7O. The Bertz CT molecular complexity index is 1080. The molecule has 10 heteroatoms. The van der Waals surface area contributed by atoms with Crippen LogP contribution in [-0.2, 0) is 4.79 Å². The number of amides is 1. The molecule has 2 bridgehead atoms. The van der Waals surface area contributed by atoms with Crippen LogP contribution in [0, 0.1) is 5.92 Å². The highest BCUT2D eigenvalue weighted by Gasteiger charge is 2.48. The SMILES string of the molecule is CN(c1ncnc2[nH]ncc12)C1CC2CC1N(C(=O)CNc1cc(Cl)cc(Cl)c1)C2. The number of likely N-dealkylation sites (N-methyl/N-ethyl adjacent to an activating group) is 1. The normalized spacial score (nSPS) is 22.6. The van der Waals surface area contributed by atoms with E-state index in [9.17, 15) is 4.79 Å². The topological polar surface area (TPSA) is 90.0 Å². The largest absolute Gasteiger partial charge is 0.376 e. The van der Waals surface area contributed by atoms with Crippen molar-refractivity contribution in [2.24, 2.45) is 5.92 Å². The molecule has 1 aliphatic carbocycles. The molecule has 1 saturated heterocycles. The number of halogens is 2. The van der Waals surface area contributed by atoms with Crippen LogP contribution in [0.2, 0.25) is 10.0 Å². The van der Waals surface area contributed by atoms with Crippen molar-refractivity contribution in [1.82, 2.24) is 25.1 Å². The highest BCUT2D eigenvalue weighted by molar-refractivity contribution is 6.35. The molecule has 156 valence electrons. The number of likely N-dealkylation sites (tertiary alicyclic amines) is 1. The lowest BCUT2D eigenvalue weighted by Crippen LogP contribution is -2.52. The fourth-order valence-electron chi connectivity index (χ4n) is 4.82. The average Bonchev–Trinajstić information content (AvgIpc) is 3.45. The summed E-state index contributed by atoms with van der Waals surface area (Å²) in [6, 6.07) is 5.56. The number of H-pyrrole nitrogens is 1. The molecule has 8 nitrogen and oxygen atoms in total. The number of fused-ring (bicyclic) bond motifs is 3. The number of piperidine rings is 1. The number of hydrogen-bond acceptors (Lipinski definition) is 6. The Morgan fingerprint density at radius 1 is 1.27 bits per heavy atom. The standard InChI is InChI=1S/C20H21Cl2N7O/c1-28(20-15-7-26-27-19(15)24-10-25-20)16-2-11-3-17(16)29(9-11)18(30)8-23-14-5-12(21)4-13(22)6-14/h4-7,10-11,16-17,23H,2-3,8-9H2,1H3,(H,24,25,26,27). The van der Waals surface area contributed by atoms with Crippen molar-refractivity contribution in [1.29, 1.82) is 0 Å². The van der Waals surface area contributed by atoms with Gasteiger partial charge in [-0.15, -0.1) is 0 Å². The number of rotatable bonds is 5. The van der Waals surface area contributed by atoms with Gasteiger partial charge in [0.1, 0.15) is 12.1 Å². The first-order valence-corrected chi connectivity index (χ1v) is 10.6. The van der Waals surface area contributed by atoms with Crippen LogP contribution in [0.25, 0.3) is 11.0 Å². The molecule has 30 heavy (non-hydrogen) atoms. The number of benzene rings is 1. The summed E-state index contributed by atoms with van der Waals surface area (Å²) >= 11 is 12.1. The smallest absolute Gasteiger partial charge is 0.242 e. The third-order valence-corrected chi connectivity index (χ3v) is 6.57. The van der Waals surface area contributed by atoms with Crippen molar-refractivity contribution < 1.29 is 4.79 Å². The number of carbonyl (C=O) groups excluding carboxylic acids is 1. The summed E-state index contributed by atoms with van der Waals surface area (Å²) in [7, 11) is 2.04. The first-order valence-electron chi connectivity index (χ1n) is 9.86. The van der Waals surface area contributed by atoms with Crippen LogP contribution in [0.4, 0.5) is 11.5 Å². The molecule has 1 aliphatic heterocycles. The molecule has 0 radical (unpaired) electrons. The zero-order valence-electron chi connectivity index (χ0n) is 16.3. The van der Waals surface area contributed by atoms with E-state index < -0.39 is 0 Å². The van der Waals surface area contributed by atoms with Crippen LogP contribution in [0.1, 0.15) is 12.8 Å². The second-order valence-corrected chi connectivity index (χ2v) is 8.84. The number of nitrogens with one attached hydrogen (secondary N) is 2. The van der Waals surface area contributed by atoms with Crippen molar-refractivity contribution in [3.05, 3.63) is 40.8 Å². The molecule has 2 fully saturated rings. The van der Waals surface area contributed by atoms with Crippen LogP contribution in [-0.4, -0.2) is 63.2 Å². The molecule has 2 N–H and O–H groups in total. The van der Waals surface area contributed by atoms with E-state index in [0.717, 1.165) is 36.3 Å². The van der Waals surface area contributed by atoms with E-state index in [2.05, 4.69) is 30.4 Å². The summed E-state index contributed by atoms with van der Waals surface area (Å²) in [4.78, 5) is 25.9. The summed E-state index contributed by atoms with van der Waals surface area (Å²) in [5, 5.41) is 12.1. The molecule has 2 aliphatic rings. The molecule has 2 aromatic heterocycles. The van der Waals surface area contributed by atoms with Gasteiger partial charge < -0.3 is 15.1 Å². The number of hydrogen-bond donors (Lipinski definition) is 2. The first-order chi connectivity index (χ1) is 14.5. The van der Waals surface area contributed by atoms with Crippen molar-refractivity contribution in [2.45, 2.75) is 24.9 Å². The van der Waals surface area contributed by atoms with Gasteiger partial charge in [0.25, 0.3) is 0 Å². The predicted octanol–water partition coefficient (Wildman–Crippen LogP) is 3.20. The second kappa shape index (κ2) is 7.59. The lowest BCUT2D eigenvalue weighted by atomic mass is 10.0. The Hall–Kier alpha value is -2.58. The van der Waals surface area contributed by atoms with E-state index >= 15 is 0 Å². The summed E-state index contributed by atoms with van der Waals surface area (Å²) in [6.07, 6.45) is 5.36. The maximum Gasteiger partial charge on any atom is 0.242 e. The molecular weight excluding hydrogens is 425 g/mol. The van der Waals surface area contributed by atoms with Gasteiger partial charge in [-0.2, -0.15) is 5.10 Å². The predicted molar refractivity (Wildman–Crippen MR) is 117 cm³/mol. The third kappa shape index (κ3) is 3.44. The minimum Gasteiger partial charge on any atom is -0.376 e. The Morgan fingerprint density at radius 2 is 2.07 bits per heavy atom. The quantitative estimate of drug-likeness (QED) is 0.626. The Morgan fingerprint density at radius 3 is 2.83 bits per heavy atom. The molecule has 1 saturated carbocycles. The fourth-order valence-corrected chi connectivity index (χ4v) is 5.35. The minimum atomic E-state index is 0.0767. The van der Waals surface area contributed by atoms with E-state index in [1.165, 1.54) is 0 Å². The maximum atomic E-state index is 13.0. The third-order valence-electron chi connectivity index (χ3n) is 6.13. The van der Waals surface area contributed by atoms with E-state index in [-0.39, 0.29) is 24.5 Å². The minimum absolute atomic E-state index is 0.0767. The number of carbonyl (C=O) groups is 1. The van der Waals surface area contributed by atoms with Gasteiger partial charge in [-0.05, 0) is 37.0 Å². The number of aromatic nitrogens is 4.